The smallest absolute Gasteiger partial charge is 0.152 e. The fraction of sp³-hybridized carbons (Fsp3) is 0.0714. The molecule has 2 rings (SSSR count). The summed E-state index contributed by atoms with van der Waals surface area (Å²) in [7, 11) is 0. The van der Waals surface area contributed by atoms with E-state index in [0.717, 1.165) is 5.56 Å². The summed E-state index contributed by atoms with van der Waals surface area (Å²) < 4.78 is 6.35. The van der Waals surface area contributed by atoms with Crippen molar-refractivity contribution in [3.05, 3.63) is 63.1 Å². The molecule has 0 spiro atoms. The Morgan fingerprint density at radius 1 is 1.22 bits per heavy atom. The van der Waals surface area contributed by atoms with Crippen LogP contribution in [0.4, 0.5) is 0 Å². The third-order valence-electron chi connectivity index (χ3n) is 2.35. The number of halogens is 2. The zero-order valence-corrected chi connectivity index (χ0v) is 11.7. The number of hydrogen-bond donors (Lipinski definition) is 0. The first-order valence-corrected chi connectivity index (χ1v) is 6.43. The number of nitrogens with zero attached hydrogens (tertiary/aromatic N) is 1. The summed E-state index contributed by atoms with van der Waals surface area (Å²) >= 11 is 9.43. The lowest BCUT2D eigenvalue weighted by molar-refractivity contribution is 0.304. The molecule has 0 N–H and O–H groups in total. The summed E-state index contributed by atoms with van der Waals surface area (Å²) in [5.74, 6) is 0.555. The standard InChI is InChI=1S/C14H9BrClNO/c15-12-6-11(8-17)7-13(16)14(12)18-9-10-4-2-1-3-5-10/h1-7H,9H2. The fourth-order valence-corrected chi connectivity index (χ4v) is 2.45. The van der Waals surface area contributed by atoms with E-state index in [2.05, 4.69) is 15.9 Å². The Kier molecular flexibility index (Phi) is 4.24. The third-order valence-corrected chi connectivity index (χ3v) is 3.22. The van der Waals surface area contributed by atoms with Crippen LogP contribution in [0.15, 0.2) is 46.9 Å². The molecule has 0 bridgehead atoms. The van der Waals surface area contributed by atoms with Crippen LogP contribution in [0.2, 0.25) is 5.02 Å². The van der Waals surface area contributed by atoms with E-state index in [1.54, 1.807) is 12.1 Å². The molecular formula is C14H9BrClNO. The molecule has 0 aliphatic heterocycles. The first kappa shape index (κ1) is 12.9. The number of benzene rings is 2. The van der Waals surface area contributed by atoms with Crippen molar-refractivity contribution in [3.8, 4) is 11.8 Å². The van der Waals surface area contributed by atoms with Crippen molar-refractivity contribution in [3.63, 3.8) is 0 Å². The van der Waals surface area contributed by atoms with E-state index in [0.29, 0.717) is 27.4 Å². The SMILES string of the molecule is N#Cc1cc(Cl)c(OCc2ccccc2)c(Br)c1. The second kappa shape index (κ2) is 5.90. The van der Waals surface area contributed by atoms with Gasteiger partial charge in [-0.15, -0.1) is 0 Å². The van der Waals surface area contributed by atoms with Crippen molar-refractivity contribution in [2.45, 2.75) is 6.61 Å². The highest BCUT2D eigenvalue weighted by Gasteiger charge is 2.09. The van der Waals surface area contributed by atoms with Crippen LogP contribution >= 0.6 is 27.5 Å². The quantitative estimate of drug-likeness (QED) is 0.830. The van der Waals surface area contributed by atoms with Crippen LogP contribution in [0.5, 0.6) is 5.75 Å². The van der Waals surface area contributed by atoms with Gasteiger partial charge in [-0.1, -0.05) is 41.9 Å². The van der Waals surface area contributed by atoms with Crippen LogP contribution in [0, 0.1) is 11.3 Å². The Labute approximate surface area is 119 Å². The second-order valence-electron chi connectivity index (χ2n) is 3.66. The zero-order chi connectivity index (χ0) is 13.0. The molecule has 2 aromatic carbocycles. The monoisotopic (exact) mass is 321 g/mol. The number of hydrogen-bond acceptors (Lipinski definition) is 2. The molecule has 0 saturated heterocycles. The molecule has 90 valence electrons. The molecule has 0 unspecified atom stereocenters. The third kappa shape index (κ3) is 3.04. The summed E-state index contributed by atoms with van der Waals surface area (Å²) in [5.41, 5.74) is 1.56. The van der Waals surface area contributed by atoms with Gasteiger partial charge in [-0.2, -0.15) is 5.26 Å². The Morgan fingerprint density at radius 3 is 2.56 bits per heavy atom. The van der Waals surface area contributed by atoms with E-state index in [-0.39, 0.29) is 0 Å². The van der Waals surface area contributed by atoms with Crippen molar-refractivity contribution in [2.75, 3.05) is 0 Å². The normalized spacial score (nSPS) is 9.83. The van der Waals surface area contributed by atoms with E-state index in [9.17, 15) is 0 Å². The van der Waals surface area contributed by atoms with Gasteiger partial charge in [-0.05, 0) is 33.6 Å². The van der Waals surface area contributed by atoms with E-state index < -0.39 is 0 Å². The van der Waals surface area contributed by atoms with Gasteiger partial charge >= 0.3 is 0 Å². The minimum absolute atomic E-state index is 0.428. The lowest BCUT2D eigenvalue weighted by Gasteiger charge is -2.10. The molecule has 2 aromatic rings. The lowest BCUT2D eigenvalue weighted by Crippen LogP contribution is -1.96. The van der Waals surface area contributed by atoms with Gasteiger partial charge in [0.15, 0.2) is 5.75 Å². The Balaban J connectivity index is 2.18. The summed E-state index contributed by atoms with van der Waals surface area (Å²) in [6.45, 7) is 0.436. The van der Waals surface area contributed by atoms with Crippen LogP contribution in [-0.4, -0.2) is 0 Å². The fourth-order valence-electron chi connectivity index (χ4n) is 1.49. The van der Waals surface area contributed by atoms with Gasteiger partial charge in [0.2, 0.25) is 0 Å². The molecule has 0 saturated carbocycles. The molecule has 0 heterocycles. The molecule has 0 fully saturated rings. The summed E-state index contributed by atoms with van der Waals surface area (Å²) in [6, 6.07) is 15.1. The molecular weight excluding hydrogens is 314 g/mol. The van der Waals surface area contributed by atoms with Crippen molar-refractivity contribution >= 4 is 27.5 Å². The van der Waals surface area contributed by atoms with Crippen LogP contribution in [-0.2, 0) is 6.61 Å². The maximum absolute atomic E-state index is 8.81. The molecule has 4 heteroatoms. The maximum Gasteiger partial charge on any atom is 0.152 e. The number of nitriles is 1. The highest BCUT2D eigenvalue weighted by Crippen LogP contribution is 2.34. The average molecular weight is 323 g/mol. The van der Waals surface area contributed by atoms with Gasteiger partial charge in [0.1, 0.15) is 6.61 Å². The average Bonchev–Trinajstić information content (AvgIpc) is 2.38. The molecule has 0 atom stereocenters. The van der Waals surface area contributed by atoms with Crippen molar-refractivity contribution < 1.29 is 4.74 Å². The molecule has 0 aliphatic rings. The molecule has 2 nitrogen and oxygen atoms in total. The minimum Gasteiger partial charge on any atom is -0.486 e. The minimum atomic E-state index is 0.428. The van der Waals surface area contributed by atoms with E-state index >= 15 is 0 Å². The molecule has 0 amide bonds. The molecule has 0 aliphatic carbocycles. The predicted molar refractivity (Wildman–Crippen MR) is 74.6 cm³/mol. The lowest BCUT2D eigenvalue weighted by atomic mass is 10.2. The Hall–Kier alpha value is -1.50. The highest BCUT2D eigenvalue weighted by atomic mass is 79.9. The molecule has 0 aromatic heterocycles. The van der Waals surface area contributed by atoms with Gasteiger partial charge in [-0.25, -0.2) is 0 Å². The Morgan fingerprint density at radius 2 is 1.94 bits per heavy atom. The molecule has 18 heavy (non-hydrogen) atoms. The van der Waals surface area contributed by atoms with Crippen molar-refractivity contribution in [1.82, 2.24) is 0 Å². The van der Waals surface area contributed by atoms with Crippen LogP contribution in [0.1, 0.15) is 11.1 Å². The number of ether oxygens (including phenoxy) is 1. The summed E-state index contributed by atoms with van der Waals surface area (Å²) in [6.07, 6.45) is 0. The largest absolute Gasteiger partial charge is 0.486 e. The first-order chi connectivity index (χ1) is 8.70. The topological polar surface area (TPSA) is 33.0 Å². The summed E-state index contributed by atoms with van der Waals surface area (Å²) in [4.78, 5) is 0. The van der Waals surface area contributed by atoms with Crippen LogP contribution < -0.4 is 4.74 Å². The van der Waals surface area contributed by atoms with Gasteiger partial charge in [-0.3, -0.25) is 0 Å². The van der Waals surface area contributed by atoms with E-state index in [4.69, 9.17) is 21.6 Å². The van der Waals surface area contributed by atoms with Gasteiger partial charge in [0.05, 0.1) is 21.1 Å². The van der Waals surface area contributed by atoms with E-state index in [1.807, 2.05) is 36.4 Å². The maximum atomic E-state index is 8.81. The zero-order valence-electron chi connectivity index (χ0n) is 9.36. The molecule has 0 radical (unpaired) electrons. The van der Waals surface area contributed by atoms with Crippen LogP contribution in [0.25, 0.3) is 0 Å². The van der Waals surface area contributed by atoms with Crippen molar-refractivity contribution in [2.24, 2.45) is 0 Å². The van der Waals surface area contributed by atoms with Crippen LogP contribution in [0.3, 0.4) is 0 Å². The summed E-state index contributed by atoms with van der Waals surface area (Å²) in [5, 5.41) is 9.24. The van der Waals surface area contributed by atoms with E-state index in [1.165, 1.54) is 0 Å². The predicted octanol–water partition coefficient (Wildman–Crippen LogP) is 4.55. The van der Waals surface area contributed by atoms with Gasteiger partial charge in [0, 0.05) is 0 Å². The van der Waals surface area contributed by atoms with Gasteiger partial charge < -0.3 is 4.74 Å². The van der Waals surface area contributed by atoms with Gasteiger partial charge in [0.25, 0.3) is 0 Å². The number of rotatable bonds is 3. The first-order valence-electron chi connectivity index (χ1n) is 5.26. The second-order valence-corrected chi connectivity index (χ2v) is 4.92. The highest BCUT2D eigenvalue weighted by molar-refractivity contribution is 9.10. The van der Waals surface area contributed by atoms with Crippen molar-refractivity contribution in [1.29, 1.82) is 5.26 Å². The Bertz CT molecular complexity index is 569.